The van der Waals surface area contributed by atoms with Crippen molar-refractivity contribution in [2.45, 2.75) is 38.3 Å². The number of ether oxygens (including phenoxy) is 1. The van der Waals surface area contributed by atoms with Crippen molar-refractivity contribution < 1.29 is 23.8 Å². The molecule has 1 saturated heterocycles. The van der Waals surface area contributed by atoms with Crippen LogP contribution < -0.4 is 15.5 Å². The molecule has 0 radical (unpaired) electrons. The second-order valence-electron chi connectivity index (χ2n) is 7.93. The fourth-order valence-corrected chi connectivity index (χ4v) is 4.25. The minimum Gasteiger partial charge on any atom is -0.465 e. The fourth-order valence-electron chi connectivity index (χ4n) is 4.25. The second kappa shape index (κ2) is 10.4. The number of carbonyl (C=O) groups excluding carboxylic acids is 1. The lowest BCUT2D eigenvalue weighted by atomic mass is 9.86. The third kappa shape index (κ3) is 5.84. The Morgan fingerprint density at radius 3 is 2.48 bits per heavy atom. The van der Waals surface area contributed by atoms with Crippen molar-refractivity contribution in [1.82, 2.24) is 15.5 Å². The van der Waals surface area contributed by atoms with E-state index in [0.29, 0.717) is 37.4 Å². The molecule has 2 amide bonds. The Kier molecular flexibility index (Phi) is 7.67. The van der Waals surface area contributed by atoms with E-state index in [4.69, 9.17) is 15.3 Å². The van der Waals surface area contributed by atoms with Gasteiger partial charge in [-0.2, -0.15) is 0 Å². The molecule has 31 heavy (non-hydrogen) atoms. The molecular formula is C21H30FN5O4. The third-order valence-corrected chi connectivity index (χ3v) is 6.03. The number of halogens is 1. The molecule has 2 fully saturated rings. The molecule has 0 spiro atoms. The summed E-state index contributed by atoms with van der Waals surface area (Å²) in [4.78, 5) is 27.2. The van der Waals surface area contributed by atoms with E-state index in [-0.39, 0.29) is 24.5 Å². The van der Waals surface area contributed by atoms with Crippen LogP contribution in [0.3, 0.4) is 0 Å². The van der Waals surface area contributed by atoms with E-state index in [1.807, 2.05) is 15.1 Å². The van der Waals surface area contributed by atoms with E-state index >= 15 is 4.39 Å². The fraction of sp³-hybridized carbons (Fsp3) is 0.571. The highest BCUT2D eigenvalue weighted by Crippen LogP contribution is 2.29. The highest BCUT2D eigenvalue weighted by Gasteiger charge is 2.31. The van der Waals surface area contributed by atoms with Crippen LogP contribution in [0.1, 0.15) is 31.2 Å². The first-order valence-corrected chi connectivity index (χ1v) is 10.5. The van der Waals surface area contributed by atoms with Crippen LogP contribution in [0.5, 0.6) is 0 Å². The Balaban J connectivity index is 1.54. The van der Waals surface area contributed by atoms with Crippen LogP contribution in [0.15, 0.2) is 18.2 Å². The van der Waals surface area contributed by atoms with Gasteiger partial charge in [0, 0.05) is 51.3 Å². The van der Waals surface area contributed by atoms with Crippen molar-refractivity contribution in [3.8, 4) is 0 Å². The minimum absolute atomic E-state index is 0.0125. The molecule has 0 atom stereocenters. The quantitative estimate of drug-likeness (QED) is 0.415. The van der Waals surface area contributed by atoms with Crippen molar-refractivity contribution in [3.05, 3.63) is 29.6 Å². The summed E-state index contributed by atoms with van der Waals surface area (Å²) in [5.74, 6) is -0.573. The maximum atomic E-state index is 15.0. The van der Waals surface area contributed by atoms with Crippen molar-refractivity contribution in [2.75, 3.05) is 38.2 Å². The molecule has 170 valence electrons. The molecule has 3 rings (SSSR count). The van der Waals surface area contributed by atoms with Gasteiger partial charge in [0.15, 0.2) is 11.8 Å². The lowest BCUT2D eigenvalue weighted by Crippen LogP contribution is -2.51. The standard InChI is InChI=1S/C21H30FN5O4/c1-31-16-7-5-14(6-8-16)19(28)27-11-9-26(10-12-27)17-4-2-3-15(18(17)22)13-24-20(23)25-21(29)30/h2-4,14,16H,5-13H2,1H3,(H,29,30)(H3,23,24,25)/t14-,16-. The zero-order valence-electron chi connectivity index (χ0n) is 17.7. The minimum atomic E-state index is -1.36. The Hall–Kier alpha value is -2.88. The van der Waals surface area contributed by atoms with Gasteiger partial charge in [0.1, 0.15) is 0 Å². The molecule has 1 aromatic carbocycles. The number of amides is 2. The predicted octanol–water partition coefficient (Wildman–Crippen LogP) is 1.97. The number of nitrogens with one attached hydrogen (secondary N) is 3. The molecule has 10 heteroatoms. The Morgan fingerprint density at radius 1 is 1.19 bits per heavy atom. The molecule has 2 aliphatic rings. The average Bonchev–Trinajstić information content (AvgIpc) is 2.77. The largest absolute Gasteiger partial charge is 0.465 e. The lowest BCUT2D eigenvalue weighted by Gasteiger charge is -2.39. The molecule has 0 aromatic heterocycles. The summed E-state index contributed by atoms with van der Waals surface area (Å²) in [5.41, 5.74) is 0.785. The van der Waals surface area contributed by atoms with Crippen LogP contribution in [0.2, 0.25) is 0 Å². The second-order valence-corrected chi connectivity index (χ2v) is 7.93. The molecule has 1 heterocycles. The average molecular weight is 436 g/mol. The van der Waals surface area contributed by atoms with E-state index in [0.717, 1.165) is 25.7 Å². The number of methoxy groups -OCH3 is 1. The summed E-state index contributed by atoms with van der Waals surface area (Å²) in [6, 6.07) is 5.02. The molecule has 1 aliphatic carbocycles. The van der Waals surface area contributed by atoms with Gasteiger partial charge in [-0.15, -0.1) is 0 Å². The number of carboxylic acid groups (broad SMARTS) is 1. The van der Waals surface area contributed by atoms with Gasteiger partial charge in [-0.05, 0) is 31.7 Å². The van der Waals surface area contributed by atoms with Gasteiger partial charge in [-0.25, -0.2) is 9.18 Å². The van der Waals surface area contributed by atoms with Gasteiger partial charge in [0.2, 0.25) is 5.91 Å². The van der Waals surface area contributed by atoms with E-state index in [1.54, 1.807) is 25.3 Å². The van der Waals surface area contributed by atoms with Crippen LogP contribution in [-0.2, 0) is 16.1 Å². The monoisotopic (exact) mass is 435 g/mol. The zero-order valence-corrected chi connectivity index (χ0v) is 17.7. The van der Waals surface area contributed by atoms with Gasteiger partial charge in [-0.1, -0.05) is 12.1 Å². The molecular weight excluding hydrogens is 405 g/mol. The maximum Gasteiger partial charge on any atom is 0.411 e. The Morgan fingerprint density at radius 2 is 1.87 bits per heavy atom. The predicted molar refractivity (Wildman–Crippen MR) is 114 cm³/mol. The summed E-state index contributed by atoms with van der Waals surface area (Å²) in [7, 11) is 1.72. The molecule has 1 aliphatic heterocycles. The van der Waals surface area contributed by atoms with Crippen molar-refractivity contribution in [3.63, 3.8) is 0 Å². The molecule has 0 bridgehead atoms. The maximum absolute atomic E-state index is 15.0. The van der Waals surface area contributed by atoms with Gasteiger partial charge in [-0.3, -0.25) is 15.5 Å². The molecule has 1 aromatic rings. The first-order valence-electron chi connectivity index (χ1n) is 10.5. The van der Waals surface area contributed by atoms with Gasteiger partial charge in [0.05, 0.1) is 11.8 Å². The number of rotatable bonds is 5. The number of nitrogens with zero attached hydrogens (tertiary/aromatic N) is 2. The van der Waals surface area contributed by atoms with Crippen molar-refractivity contribution in [2.24, 2.45) is 5.92 Å². The number of anilines is 1. The van der Waals surface area contributed by atoms with Crippen LogP contribution in [-0.4, -0.2) is 67.4 Å². The van der Waals surface area contributed by atoms with Crippen LogP contribution in [0.25, 0.3) is 0 Å². The third-order valence-electron chi connectivity index (χ3n) is 6.03. The Bertz CT molecular complexity index is 805. The molecule has 0 unspecified atom stereocenters. The van der Waals surface area contributed by atoms with Crippen molar-refractivity contribution in [1.29, 1.82) is 5.41 Å². The number of piperazine rings is 1. The van der Waals surface area contributed by atoms with Crippen LogP contribution >= 0.6 is 0 Å². The zero-order chi connectivity index (χ0) is 22.4. The van der Waals surface area contributed by atoms with Crippen molar-refractivity contribution >= 4 is 23.6 Å². The first-order chi connectivity index (χ1) is 14.9. The van der Waals surface area contributed by atoms with E-state index in [1.165, 1.54) is 0 Å². The lowest BCUT2D eigenvalue weighted by molar-refractivity contribution is -0.137. The summed E-state index contributed by atoms with van der Waals surface area (Å²) >= 11 is 0. The SMILES string of the molecule is CO[C@H]1CC[C@H](C(=O)N2CCN(c3cccc(CNC(=N)NC(=O)O)c3F)CC2)CC1. The number of hydrogen-bond acceptors (Lipinski definition) is 5. The van der Waals surface area contributed by atoms with Crippen LogP contribution in [0.4, 0.5) is 14.9 Å². The number of guanidine groups is 1. The van der Waals surface area contributed by atoms with Gasteiger partial charge in [0.25, 0.3) is 0 Å². The van der Waals surface area contributed by atoms with E-state index in [9.17, 15) is 9.59 Å². The number of hydrogen-bond donors (Lipinski definition) is 4. The molecule has 9 nitrogen and oxygen atoms in total. The topological polar surface area (TPSA) is 118 Å². The highest BCUT2D eigenvalue weighted by atomic mass is 19.1. The first kappa shape index (κ1) is 22.8. The number of benzene rings is 1. The van der Waals surface area contributed by atoms with Gasteiger partial charge >= 0.3 is 6.09 Å². The number of carbonyl (C=O) groups is 2. The summed E-state index contributed by atoms with van der Waals surface area (Å²) < 4.78 is 20.4. The smallest absolute Gasteiger partial charge is 0.411 e. The summed E-state index contributed by atoms with van der Waals surface area (Å²) in [6.07, 6.45) is 2.44. The molecule has 4 N–H and O–H groups in total. The van der Waals surface area contributed by atoms with Crippen LogP contribution in [0, 0.1) is 17.1 Å². The van der Waals surface area contributed by atoms with E-state index < -0.39 is 17.9 Å². The summed E-state index contributed by atoms with van der Waals surface area (Å²) in [5, 5.41) is 20.5. The Labute approximate surface area is 181 Å². The van der Waals surface area contributed by atoms with Gasteiger partial charge < -0.3 is 25.0 Å². The molecule has 1 saturated carbocycles. The summed E-state index contributed by atoms with van der Waals surface area (Å²) in [6.45, 7) is 2.18. The highest BCUT2D eigenvalue weighted by molar-refractivity contribution is 5.91. The van der Waals surface area contributed by atoms with E-state index in [2.05, 4.69) is 5.32 Å². The normalized spacial score (nSPS) is 21.5.